The predicted octanol–water partition coefficient (Wildman–Crippen LogP) is 2.63. The molecule has 0 aromatic heterocycles. The summed E-state index contributed by atoms with van der Waals surface area (Å²) in [6.45, 7) is 7.63. The summed E-state index contributed by atoms with van der Waals surface area (Å²) in [6, 6.07) is 6.04. The van der Waals surface area contributed by atoms with Crippen LogP contribution in [0.25, 0.3) is 0 Å². The third-order valence-electron chi connectivity index (χ3n) is 3.89. The molecule has 1 aromatic carbocycles. The Hall–Kier alpha value is -1.42. The predicted molar refractivity (Wildman–Crippen MR) is 77.9 cm³/mol. The summed E-state index contributed by atoms with van der Waals surface area (Å²) >= 11 is 0. The smallest absolute Gasteiger partial charge is 0.230 e. The molecule has 0 aliphatic rings. The first-order chi connectivity index (χ1) is 9.28. The van der Waals surface area contributed by atoms with Gasteiger partial charge in [-0.1, -0.05) is 32.4 Å². The van der Waals surface area contributed by atoms with Gasteiger partial charge in [-0.2, -0.15) is 0 Å². The van der Waals surface area contributed by atoms with Crippen LogP contribution in [-0.2, 0) is 10.2 Å². The number of nitrogens with one attached hydrogen (secondary N) is 1. The molecular weight excluding hydrogens is 257 g/mol. The summed E-state index contributed by atoms with van der Waals surface area (Å²) in [5.74, 6) is -0.443. The molecule has 3 nitrogen and oxygen atoms in total. The molecule has 0 bridgehead atoms. The van der Waals surface area contributed by atoms with Crippen LogP contribution in [0.4, 0.5) is 4.39 Å². The summed E-state index contributed by atoms with van der Waals surface area (Å²) in [7, 11) is 0. The summed E-state index contributed by atoms with van der Waals surface area (Å²) < 4.78 is 13.3. The van der Waals surface area contributed by atoms with Gasteiger partial charge in [0.05, 0.1) is 11.5 Å². The number of rotatable bonds is 6. The van der Waals surface area contributed by atoms with Crippen LogP contribution < -0.4 is 5.32 Å². The zero-order valence-corrected chi connectivity index (χ0v) is 12.6. The van der Waals surface area contributed by atoms with Gasteiger partial charge in [-0.25, -0.2) is 4.39 Å². The Morgan fingerprint density at radius 2 is 2.10 bits per heavy atom. The lowest BCUT2D eigenvalue weighted by Gasteiger charge is -2.26. The summed E-state index contributed by atoms with van der Waals surface area (Å²) in [5.41, 5.74) is -0.217. The number of amides is 1. The normalized spacial score (nSPS) is 14.7. The van der Waals surface area contributed by atoms with E-state index in [-0.39, 0.29) is 24.2 Å². The maximum Gasteiger partial charge on any atom is 0.230 e. The molecule has 0 heterocycles. The highest BCUT2D eigenvalue weighted by atomic mass is 19.1. The van der Waals surface area contributed by atoms with Crippen molar-refractivity contribution >= 4 is 5.91 Å². The van der Waals surface area contributed by atoms with Gasteiger partial charge in [-0.05, 0) is 37.5 Å². The minimum atomic E-state index is -0.836. The third kappa shape index (κ3) is 4.04. The highest BCUT2D eigenvalue weighted by Gasteiger charge is 2.30. The molecule has 2 N–H and O–H groups in total. The number of carbonyl (C=O) groups excluding carboxylic acids is 1. The molecule has 0 aliphatic heterocycles. The molecule has 112 valence electrons. The summed E-state index contributed by atoms with van der Waals surface area (Å²) in [6.07, 6.45) is 0.289. The highest BCUT2D eigenvalue weighted by molar-refractivity contribution is 5.87. The minimum Gasteiger partial charge on any atom is -0.391 e. The number of halogens is 1. The van der Waals surface area contributed by atoms with Gasteiger partial charge in [-0.15, -0.1) is 0 Å². The topological polar surface area (TPSA) is 49.3 Å². The standard InChI is InChI=1S/C16H24FNO2/c1-5-11(2)14(19)10-18-15(20)16(3,4)12-7-6-8-13(17)9-12/h6-9,11,14,19H,5,10H2,1-4H3,(H,18,20). The second-order valence-electron chi connectivity index (χ2n) is 5.80. The number of carbonyl (C=O) groups is 1. The molecule has 0 aliphatic carbocycles. The van der Waals surface area contributed by atoms with Gasteiger partial charge in [-0.3, -0.25) is 4.79 Å². The van der Waals surface area contributed by atoms with E-state index in [9.17, 15) is 14.3 Å². The Kier molecular flexibility index (Phi) is 5.69. The molecule has 0 saturated carbocycles. The molecule has 2 unspecified atom stereocenters. The SMILES string of the molecule is CCC(C)C(O)CNC(=O)C(C)(C)c1cccc(F)c1. The first-order valence-corrected chi connectivity index (χ1v) is 7.01. The Morgan fingerprint density at radius 3 is 2.65 bits per heavy atom. The van der Waals surface area contributed by atoms with Crippen molar-refractivity contribution in [3.63, 3.8) is 0 Å². The lowest BCUT2D eigenvalue weighted by atomic mass is 9.83. The van der Waals surface area contributed by atoms with Gasteiger partial charge in [0, 0.05) is 6.54 Å². The number of benzene rings is 1. The van der Waals surface area contributed by atoms with Gasteiger partial charge in [0.25, 0.3) is 0 Å². The van der Waals surface area contributed by atoms with Crippen LogP contribution in [0.15, 0.2) is 24.3 Å². The van der Waals surface area contributed by atoms with Crippen LogP contribution in [0.3, 0.4) is 0 Å². The Labute approximate surface area is 120 Å². The molecule has 1 amide bonds. The summed E-state index contributed by atoms with van der Waals surface area (Å²) in [5, 5.41) is 12.6. The van der Waals surface area contributed by atoms with E-state index in [0.717, 1.165) is 6.42 Å². The molecule has 0 radical (unpaired) electrons. The van der Waals surface area contributed by atoms with Crippen LogP contribution in [0.2, 0.25) is 0 Å². The maximum atomic E-state index is 13.3. The van der Waals surface area contributed by atoms with Crippen molar-refractivity contribution in [2.75, 3.05) is 6.54 Å². The molecule has 1 rings (SSSR count). The Balaban J connectivity index is 2.70. The Bertz CT molecular complexity index is 460. The number of hydrogen-bond acceptors (Lipinski definition) is 2. The van der Waals surface area contributed by atoms with Gasteiger partial charge >= 0.3 is 0 Å². The van der Waals surface area contributed by atoms with Gasteiger partial charge in [0.15, 0.2) is 0 Å². The molecule has 0 fully saturated rings. The quantitative estimate of drug-likeness (QED) is 0.842. The van der Waals surface area contributed by atoms with Crippen molar-refractivity contribution in [1.82, 2.24) is 5.32 Å². The molecule has 20 heavy (non-hydrogen) atoms. The molecule has 0 spiro atoms. The average Bonchev–Trinajstić information content (AvgIpc) is 2.43. The lowest BCUT2D eigenvalue weighted by molar-refractivity contribution is -0.126. The number of aliphatic hydroxyl groups is 1. The first kappa shape index (κ1) is 16.6. The van der Waals surface area contributed by atoms with Crippen molar-refractivity contribution in [2.24, 2.45) is 5.92 Å². The van der Waals surface area contributed by atoms with E-state index < -0.39 is 11.5 Å². The van der Waals surface area contributed by atoms with Crippen LogP contribution in [0.5, 0.6) is 0 Å². The average molecular weight is 281 g/mol. The van der Waals surface area contributed by atoms with Crippen molar-refractivity contribution in [3.8, 4) is 0 Å². The van der Waals surface area contributed by atoms with E-state index in [1.807, 2.05) is 13.8 Å². The van der Waals surface area contributed by atoms with E-state index in [4.69, 9.17) is 0 Å². The van der Waals surface area contributed by atoms with Crippen molar-refractivity contribution in [3.05, 3.63) is 35.6 Å². The molecule has 4 heteroatoms. The monoisotopic (exact) mass is 281 g/mol. The van der Waals surface area contributed by atoms with Gasteiger partial charge in [0.1, 0.15) is 5.82 Å². The van der Waals surface area contributed by atoms with Crippen LogP contribution in [0, 0.1) is 11.7 Å². The fourth-order valence-corrected chi connectivity index (χ4v) is 1.90. The number of hydrogen-bond donors (Lipinski definition) is 2. The fraction of sp³-hybridized carbons (Fsp3) is 0.562. The molecule has 2 atom stereocenters. The van der Waals surface area contributed by atoms with Crippen LogP contribution in [-0.4, -0.2) is 23.7 Å². The largest absolute Gasteiger partial charge is 0.391 e. The second-order valence-corrected chi connectivity index (χ2v) is 5.80. The fourth-order valence-electron chi connectivity index (χ4n) is 1.90. The Morgan fingerprint density at radius 1 is 1.45 bits per heavy atom. The third-order valence-corrected chi connectivity index (χ3v) is 3.89. The summed E-state index contributed by atoms with van der Waals surface area (Å²) in [4.78, 5) is 12.2. The second kappa shape index (κ2) is 6.84. The van der Waals surface area contributed by atoms with Gasteiger partial charge < -0.3 is 10.4 Å². The molecular formula is C16H24FNO2. The minimum absolute atomic E-state index is 0.132. The maximum absolute atomic E-state index is 13.3. The highest BCUT2D eigenvalue weighted by Crippen LogP contribution is 2.24. The molecule has 0 saturated heterocycles. The van der Waals surface area contributed by atoms with Crippen molar-refractivity contribution in [1.29, 1.82) is 0 Å². The van der Waals surface area contributed by atoms with Crippen LogP contribution >= 0.6 is 0 Å². The van der Waals surface area contributed by atoms with E-state index in [0.29, 0.717) is 5.56 Å². The zero-order chi connectivity index (χ0) is 15.3. The number of aliphatic hydroxyl groups excluding tert-OH is 1. The van der Waals surface area contributed by atoms with E-state index in [2.05, 4.69) is 5.32 Å². The van der Waals surface area contributed by atoms with E-state index in [1.165, 1.54) is 12.1 Å². The van der Waals surface area contributed by atoms with Crippen LogP contribution in [0.1, 0.15) is 39.7 Å². The lowest BCUT2D eigenvalue weighted by Crippen LogP contribution is -2.44. The van der Waals surface area contributed by atoms with Gasteiger partial charge in [0.2, 0.25) is 5.91 Å². The first-order valence-electron chi connectivity index (χ1n) is 7.01. The van der Waals surface area contributed by atoms with E-state index >= 15 is 0 Å². The molecule has 1 aromatic rings. The van der Waals surface area contributed by atoms with E-state index in [1.54, 1.807) is 26.0 Å². The van der Waals surface area contributed by atoms with Crippen molar-refractivity contribution < 1.29 is 14.3 Å². The zero-order valence-electron chi connectivity index (χ0n) is 12.6. The van der Waals surface area contributed by atoms with Crippen molar-refractivity contribution in [2.45, 2.75) is 45.6 Å².